The van der Waals surface area contributed by atoms with Crippen molar-refractivity contribution in [1.82, 2.24) is 14.9 Å². The molecule has 0 bridgehead atoms. The normalized spacial score (nSPS) is 18.0. The molecule has 1 fully saturated rings. The summed E-state index contributed by atoms with van der Waals surface area (Å²) in [6, 6.07) is 5.07. The third-order valence-corrected chi connectivity index (χ3v) is 5.83. The molecule has 1 amide bonds. The van der Waals surface area contributed by atoms with Crippen molar-refractivity contribution in [2.24, 2.45) is 0 Å². The summed E-state index contributed by atoms with van der Waals surface area (Å²) < 4.78 is 7.18. The van der Waals surface area contributed by atoms with Crippen LogP contribution in [0.5, 0.6) is 0 Å². The number of benzene rings is 1. The molecule has 2 heterocycles. The van der Waals surface area contributed by atoms with Gasteiger partial charge in [-0.2, -0.15) is 0 Å². The van der Waals surface area contributed by atoms with E-state index in [2.05, 4.69) is 10.3 Å². The molecule has 3 rings (SSSR count). The summed E-state index contributed by atoms with van der Waals surface area (Å²) in [4.78, 5) is 29.9. The van der Waals surface area contributed by atoms with Crippen LogP contribution in [0.4, 0.5) is 0 Å². The molecule has 1 aliphatic rings. The lowest BCUT2D eigenvalue weighted by Gasteiger charge is -2.17. The Kier molecular flexibility index (Phi) is 6.78. The van der Waals surface area contributed by atoms with Gasteiger partial charge in [-0.25, -0.2) is 4.98 Å². The zero-order chi connectivity index (χ0) is 19.4. The average molecular weight is 410 g/mol. The van der Waals surface area contributed by atoms with Gasteiger partial charge in [0.05, 0.1) is 22.3 Å². The van der Waals surface area contributed by atoms with Crippen LogP contribution in [0.3, 0.4) is 0 Å². The number of fused-ring (bicyclic) bond motifs is 1. The van der Waals surface area contributed by atoms with Gasteiger partial charge in [0, 0.05) is 24.7 Å². The zero-order valence-corrected chi connectivity index (χ0v) is 17.1. The first-order valence-electron chi connectivity index (χ1n) is 9.25. The fourth-order valence-corrected chi connectivity index (χ4v) is 4.19. The lowest BCUT2D eigenvalue weighted by atomic mass is 10.2. The molecule has 6 nitrogen and oxygen atoms in total. The monoisotopic (exact) mass is 409 g/mol. The van der Waals surface area contributed by atoms with Crippen LogP contribution in [0.1, 0.15) is 33.1 Å². The van der Waals surface area contributed by atoms with Gasteiger partial charge >= 0.3 is 0 Å². The molecule has 27 heavy (non-hydrogen) atoms. The second-order valence-corrected chi connectivity index (χ2v) is 8.40. The van der Waals surface area contributed by atoms with Gasteiger partial charge in [-0.1, -0.05) is 30.3 Å². The standard InChI is InChI=1S/C19H24ClN3O3S/c1-3-8-23-18(25)15-7-6-13(20)10-16(15)22-19(23)27-12(2)17(24)21-11-14-5-4-9-26-14/h6-7,10,12,14H,3-5,8-9,11H2,1-2H3,(H,21,24)/t12-,14+/m1/s1. The second kappa shape index (κ2) is 9.08. The number of ether oxygens (including phenoxy) is 1. The molecule has 0 aliphatic carbocycles. The molecule has 0 saturated carbocycles. The van der Waals surface area contributed by atoms with Crippen molar-refractivity contribution in [1.29, 1.82) is 0 Å². The Morgan fingerprint density at radius 3 is 3.04 bits per heavy atom. The number of hydrogen-bond donors (Lipinski definition) is 1. The first-order chi connectivity index (χ1) is 13.0. The number of halogens is 1. The van der Waals surface area contributed by atoms with Crippen molar-refractivity contribution < 1.29 is 9.53 Å². The maximum Gasteiger partial charge on any atom is 0.262 e. The molecular formula is C19H24ClN3O3S. The molecule has 1 aliphatic heterocycles. The summed E-state index contributed by atoms with van der Waals surface area (Å²) in [5.41, 5.74) is 0.447. The highest BCUT2D eigenvalue weighted by molar-refractivity contribution is 8.00. The molecule has 0 unspecified atom stereocenters. The number of rotatable bonds is 7. The van der Waals surface area contributed by atoms with Gasteiger partial charge in [0.2, 0.25) is 5.91 Å². The van der Waals surface area contributed by atoms with Crippen molar-refractivity contribution in [2.45, 2.75) is 56.2 Å². The maximum absolute atomic E-state index is 12.9. The van der Waals surface area contributed by atoms with Gasteiger partial charge in [0.15, 0.2) is 5.16 Å². The summed E-state index contributed by atoms with van der Waals surface area (Å²) in [6.07, 6.45) is 2.92. The molecule has 2 atom stereocenters. The van der Waals surface area contributed by atoms with Crippen molar-refractivity contribution in [2.75, 3.05) is 13.2 Å². The second-order valence-electron chi connectivity index (χ2n) is 6.65. The fourth-order valence-electron chi connectivity index (χ4n) is 3.06. The minimum atomic E-state index is -0.377. The molecule has 1 aromatic carbocycles. The number of thioether (sulfide) groups is 1. The van der Waals surface area contributed by atoms with Crippen molar-refractivity contribution in [3.05, 3.63) is 33.6 Å². The summed E-state index contributed by atoms with van der Waals surface area (Å²) in [5.74, 6) is -0.0843. The van der Waals surface area contributed by atoms with E-state index < -0.39 is 0 Å². The van der Waals surface area contributed by atoms with Gasteiger partial charge in [0.1, 0.15) is 0 Å². The Labute approximate surface area is 167 Å². The van der Waals surface area contributed by atoms with E-state index in [0.29, 0.717) is 34.2 Å². The Bertz CT molecular complexity index is 880. The lowest BCUT2D eigenvalue weighted by Crippen LogP contribution is -2.37. The molecule has 1 saturated heterocycles. The molecule has 1 N–H and O–H groups in total. The van der Waals surface area contributed by atoms with Gasteiger partial charge in [-0.3, -0.25) is 14.2 Å². The Hall–Kier alpha value is -1.57. The third kappa shape index (κ3) is 4.83. The zero-order valence-electron chi connectivity index (χ0n) is 15.5. The molecule has 146 valence electrons. The van der Waals surface area contributed by atoms with Crippen LogP contribution in [0.2, 0.25) is 5.02 Å². The van der Waals surface area contributed by atoms with Gasteiger partial charge in [-0.05, 0) is 44.4 Å². The van der Waals surface area contributed by atoms with Crippen LogP contribution in [0.25, 0.3) is 10.9 Å². The minimum absolute atomic E-state index is 0.0843. The van der Waals surface area contributed by atoms with E-state index in [1.165, 1.54) is 11.8 Å². The van der Waals surface area contributed by atoms with Crippen LogP contribution in [-0.4, -0.2) is 40.0 Å². The van der Waals surface area contributed by atoms with Crippen LogP contribution < -0.4 is 10.9 Å². The van der Waals surface area contributed by atoms with Gasteiger partial charge in [-0.15, -0.1) is 0 Å². The molecular weight excluding hydrogens is 386 g/mol. The smallest absolute Gasteiger partial charge is 0.262 e. The van der Waals surface area contributed by atoms with Crippen molar-refractivity contribution >= 4 is 40.2 Å². The highest BCUT2D eigenvalue weighted by Crippen LogP contribution is 2.24. The van der Waals surface area contributed by atoms with E-state index in [1.54, 1.807) is 22.8 Å². The maximum atomic E-state index is 12.9. The summed E-state index contributed by atoms with van der Waals surface area (Å²) in [7, 11) is 0. The van der Waals surface area contributed by atoms with E-state index in [9.17, 15) is 9.59 Å². The Morgan fingerprint density at radius 1 is 1.52 bits per heavy atom. The van der Waals surface area contributed by atoms with E-state index in [-0.39, 0.29) is 22.8 Å². The van der Waals surface area contributed by atoms with Crippen LogP contribution >= 0.6 is 23.4 Å². The largest absolute Gasteiger partial charge is 0.376 e. The molecule has 2 aromatic rings. The van der Waals surface area contributed by atoms with Gasteiger partial charge < -0.3 is 10.1 Å². The number of nitrogens with zero attached hydrogens (tertiary/aromatic N) is 2. The average Bonchev–Trinajstić information content (AvgIpc) is 3.16. The molecule has 8 heteroatoms. The number of carbonyl (C=O) groups excluding carboxylic acids is 1. The fraction of sp³-hybridized carbons (Fsp3) is 0.526. The van der Waals surface area contributed by atoms with E-state index >= 15 is 0 Å². The van der Waals surface area contributed by atoms with Gasteiger partial charge in [0.25, 0.3) is 5.56 Å². The molecule has 0 radical (unpaired) electrons. The van der Waals surface area contributed by atoms with Crippen LogP contribution in [0, 0.1) is 0 Å². The highest BCUT2D eigenvalue weighted by atomic mass is 35.5. The van der Waals surface area contributed by atoms with E-state index in [0.717, 1.165) is 25.9 Å². The third-order valence-electron chi connectivity index (χ3n) is 4.51. The number of nitrogens with one attached hydrogen (secondary N) is 1. The number of aromatic nitrogens is 2. The Morgan fingerprint density at radius 2 is 2.33 bits per heavy atom. The van der Waals surface area contributed by atoms with Crippen LogP contribution in [0.15, 0.2) is 28.2 Å². The number of hydrogen-bond acceptors (Lipinski definition) is 5. The number of amides is 1. The lowest BCUT2D eigenvalue weighted by molar-refractivity contribution is -0.120. The van der Waals surface area contributed by atoms with E-state index in [4.69, 9.17) is 16.3 Å². The predicted molar refractivity (Wildman–Crippen MR) is 109 cm³/mol. The quantitative estimate of drug-likeness (QED) is 0.561. The SMILES string of the molecule is CCCn1c(S[C@H](C)C(=O)NC[C@@H]2CCCO2)nc2cc(Cl)ccc2c1=O. The van der Waals surface area contributed by atoms with Crippen molar-refractivity contribution in [3.8, 4) is 0 Å². The molecule has 1 aromatic heterocycles. The summed E-state index contributed by atoms with van der Waals surface area (Å²) in [6.45, 7) is 5.66. The number of carbonyl (C=O) groups is 1. The molecule has 0 spiro atoms. The first-order valence-corrected chi connectivity index (χ1v) is 10.5. The van der Waals surface area contributed by atoms with Crippen LogP contribution in [-0.2, 0) is 16.1 Å². The minimum Gasteiger partial charge on any atom is -0.376 e. The summed E-state index contributed by atoms with van der Waals surface area (Å²) >= 11 is 7.34. The topological polar surface area (TPSA) is 73.2 Å². The van der Waals surface area contributed by atoms with E-state index in [1.807, 2.05) is 13.8 Å². The van der Waals surface area contributed by atoms with Crippen molar-refractivity contribution in [3.63, 3.8) is 0 Å². The summed E-state index contributed by atoms with van der Waals surface area (Å²) in [5, 5.41) is 4.16. The first kappa shape index (κ1) is 20.2. The highest BCUT2D eigenvalue weighted by Gasteiger charge is 2.21. The Balaban J connectivity index is 1.80. The predicted octanol–water partition coefficient (Wildman–Crippen LogP) is 3.24.